The zero-order chi connectivity index (χ0) is 19.9. The first-order valence-electron chi connectivity index (χ1n) is 9.61. The molecular weight excluding hydrogens is 503 g/mol. The predicted octanol–water partition coefficient (Wildman–Crippen LogP) is 3.78. The van der Waals surface area contributed by atoms with Crippen molar-refractivity contribution in [2.24, 2.45) is 4.99 Å². The Labute approximate surface area is 192 Å². The van der Waals surface area contributed by atoms with Gasteiger partial charge in [0, 0.05) is 25.7 Å². The number of rotatable bonds is 6. The molecule has 1 saturated heterocycles. The molecule has 1 aliphatic rings. The first-order chi connectivity index (χ1) is 13.6. The van der Waals surface area contributed by atoms with E-state index >= 15 is 0 Å². The van der Waals surface area contributed by atoms with Crippen LogP contribution in [0.25, 0.3) is 0 Å². The maximum atomic E-state index is 11.7. The summed E-state index contributed by atoms with van der Waals surface area (Å²) in [5, 5.41) is 10.3. The van der Waals surface area contributed by atoms with Crippen LogP contribution < -0.4 is 15.5 Å². The van der Waals surface area contributed by atoms with Crippen molar-refractivity contribution in [3.05, 3.63) is 40.7 Å². The smallest absolute Gasteiger partial charge is 0.341 e. The zero-order valence-corrected chi connectivity index (χ0v) is 20.2. The van der Waals surface area contributed by atoms with Gasteiger partial charge >= 0.3 is 5.97 Å². The summed E-state index contributed by atoms with van der Waals surface area (Å²) in [4.78, 5) is 18.8. The molecule has 0 aliphatic carbocycles. The molecule has 9 heteroatoms. The third-order valence-corrected chi connectivity index (χ3v) is 5.69. The van der Waals surface area contributed by atoms with Crippen LogP contribution in [-0.2, 0) is 11.3 Å². The number of aryl methyl sites for hydroxylation is 1. The highest BCUT2D eigenvalue weighted by atomic mass is 127. The van der Waals surface area contributed by atoms with Gasteiger partial charge in [0.25, 0.3) is 0 Å². The second-order valence-corrected chi connectivity index (χ2v) is 7.65. The van der Waals surface area contributed by atoms with Crippen LogP contribution in [0.5, 0.6) is 0 Å². The van der Waals surface area contributed by atoms with Crippen LogP contribution in [0.2, 0.25) is 0 Å². The lowest BCUT2D eigenvalue weighted by atomic mass is 10.1. The molecule has 0 spiro atoms. The summed E-state index contributed by atoms with van der Waals surface area (Å²) < 4.78 is 10.4. The van der Waals surface area contributed by atoms with E-state index in [4.69, 9.17) is 9.15 Å². The van der Waals surface area contributed by atoms with Crippen molar-refractivity contribution >= 4 is 52.2 Å². The molecule has 29 heavy (non-hydrogen) atoms. The van der Waals surface area contributed by atoms with Gasteiger partial charge in [-0.2, -0.15) is 0 Å². The summed E-state index contributed by atoms with van der Waals surface area (Å²) in [5.74, 6) is 1.57. The number of guanidine groups is 1. The normalized spacial score (nSPS) is 15.0. The lowest BCUT2D eigenvalue weighted by Crippen LogP contribution is -2.48. The molecule has 0 saturated carbocycles. The maximum absolute atomic E-state index is 11.7. The zero-order valence-electron chi connectivity index (χ0n) is 17.1. The molecule has 1 fully saturated rings. The number of nitrogens with one attached hydrogen (secondary N) is 2. The number of carbonyl (C=O) groups is 1. The van der Waals surface area contributed by atoms with Gasteiger partial charge in [0.15, 0.2) is 5.96 Å². The summed E-state index contributed by atoms with van der Waals surface area (Å²) in [6, 6.07) is 6.37. The van der Waals surface area contributed by atoms with E-state index < -0.39 is 0 Å². The predicted molar refractivity (Wildman–Crippen MR) is 128 cm³/mol. The summed E-state index contributed by atoms with van der Waals surface area (Å²) in [6.45, 7) is 7.02. The second kappa shape index (κ2) is 11.4. The fourth-order valence-corrected chi connectivity index (χ4v) is 4.08. The Morgan fingerprint density at radius 1 is 1.41 bits per heavy atom. The Morgan fingerprint density at radius 3 is 2.79 bits per heavy atom. The second-order valence-electron chi connectivity index (χ2n) is 6.73. The van der Waals surface area contributed by atoms with E-state index in [0.717, 1.165) is 38.4 Å². The van der Waals surface area contributed by atoms with Crippen molar-refractivity contribution in [3.63, 3.8) is 0 Å². The minimum atomic E-state index is -0.390. The average Bonchev–Trinajstić information content (AvgIpc) is 3.36. The molecule has 2 N–H and O–H groups in total. The van der Waals surface area contributed by atoms with E-state index in [-0.39, 0.29) is 29.9 Å². The van der Waals surface area contributed by atoms with Gasteiger partial charge in [-0.15, -0.1) is 35.3 Å². The molecule has 160 valence electrons. The van der Waals surface area contributed by atoms with Gasteiger partial charge < -0.3 is 24.7 Å². The monoisotopic (exact) mass is 532 g/mol. The molecule has 0 unspecified atom stereocenters. The van der Waals surface area contributed by atoms with E-state index in [0.29, 0.717) is 29.7 Å². The van der Waals surface area contributed by atoms with Crippen molar-refractivity contribution in [1.82, 2.24) is 10.6 Å². The number of esters is 1. The number of anilines is 1. The molecule has 2 aromatic heterocycles. The van der Waals surface area contributed by atoms with Crippen LogP contribution in [0.3, 0.4) is 0 Å². The highest BCUT2D eigenvalue weighted by Gasteiger charge is 2.21. The standard InChI is InChI=1S/C20H28N4O3S.HI/c1-4-21-20(22-13-16-12-17(14(2)27-16)19(25)26-3)23-15-7-9-24(10-8-15)18-6-5-11-28-18;/h5-6,11-12,15H,4,7-10,13H2,1-3H3,(H2,21,22,23);1H. The SMILES string of the molecule is CCNC(=NCc1cc(C(=O)OC)c(C)o1)NC1CCN(c2cccs2)CC1.I. The van der Waals surface area contributed by atoms with Crippen molar-refractivity contribution in [1.29, 1.82) is 0 Å². The number of furan rings is 1. The Kier molecular flexibility index (Phi) is 9.28. The summed E-state index contributed by atoms with van der Waals surface area (Å²) >= 11 is 1.79. The Hall–Kier alpha value is -1.75. The fourth-order valence-electron chi connectivity index (χ4n) is 3.30. The number of carbonyl (C=O) groups excluding carboxylic acids is 1. The van der Waals surface area contributed by atoms with Gasteiger partial charge in [-0.05, 0) is 50.3 Å². The molecule has 3 rings (SSSR count). The van der Waals surface area contributed by atoms with Crippen LogP contribution in [0, 0.1) is 6.92 Å². The first-order valence-corrected chi connectivity index (χ1v) is 10.5. The van der Waals surface area contributed by atoms with Crippen molar-refractivity contribution < 1.29 is 13.9 Å². The average molecular weight is 532 g/mol. The number of halogens is 1. The van der Waals surface area contributed by atoms with E-state index in [1.54, 1.807) is 24.3 Å². The lowest BCUT2D eigenvalue weighted by molar-refractivity contribution is 0.0599. The summed E-state index contributed by atoms with van der Waals surface area (Å²) in [7, 11) is 1.36. The van der Waals surface area contributed by atoms with Gasteiger partial charge in [-0.3, -0.25) is 0 Å². The van der Waals surface area contributed by atoms with Gasteiger partial charge in [0.1, 0.15) is 23.6 Å². The number of nitrogens with zero attached hydrogens (tertiary/aromatic N) is 2. The van der Waals surface area contributed by atoms with Gasteiger partial charge in [0.2, 0.25) is 0 Å². The molecular formula is C20H29IN4O3S. The quantitative estimate of drug-likeness (QED) is 0.255. The summed E-state index contributed by atoms with van der Waals surface area (Å²) in [6.07, 6.45) is 2.13. The van der Waals surface area contributed by atoms with Crippen LogP contribution in [0.1, 0.15) is 41.6 Å². The van der Waals surface area contributed by atoms with Gasteiger partial charge in [0.05, 0.1) is 12.1 Å². The fraction of sp³-hybridized carbons (Fsp3) is 0.500. The number of thiophene rings is 1. The number of piperidine rings is 1. The first kappa shape index (κ1) is 23.5. The number of hydrogen-bond donors (Lipinski definition) is 2. The van der Waals surface area contributed by atoms with Crippen molar-refractivity contribution in [3.8, 4) is 0 Å². The minimum absolute atomic E-state index is 0. The van der Waals surface area contributed by atoms with Crippen molar-refractivity contribution in [2.75, 3.05) is 31.6 Å². The molecule has 0 bridgehead atoms. The molecule has 0 radical (unpaired) electrons. The Balaban J connectivity index is 0.00000300. The highest BCUT2D eigenvalue weighted by molar-refractivity contribution is 14.0. The number of ether oxygens (including phenoxy) is 1. The van der Waals surface area contributed by atoms with E-state index in [2.05, 4.69) is 38.0 Å². The minimum Gasteiger partial charge on any atom is -0.465 e. The molecule has 3 heterocycles. The van der Waals surface area contributed by atoms with Crippen LogP contribution in [0.15, 0.2) is 33.0 Å². The Morgan fingerprint density at radius 2 is 2.17 bits per heavy atom. The number of methoxy groups -OCH3 is 1. The van der Waals surface area contributed by atoms with E-state index in [1.165, 1.54) is 12.1 Å². The highest BCUT2D eigenvalue weighted by Crippen LogP contribution is 2.24. The molecule has 0 atom stereocenters. The number of aliphatic imine (C=N–C) groups is 1. The van der Waals surface area contributed by atoms with Crippen molar-refractivity contribution in [2.45, 2.75) is 39.3 Å². The van der Waals surface area contributed by atoms with E-state index in [1.807, 2.05) is 6.92 Å². The van der Waals surface area contributed by atoms with Crippen LogP contribution in [-0.4, -0.2) is 44.7 Å². The van der Waals surface area contributed by atoms with E-state index in [9.17, 15) is 4.79 Å². The Bertz CT molecular complexity index is 799. The van der Waals surface area contributed by atoms with Crippen LogP contribution in [0.4, 0.5) is 5.00 Å². The topological polar surface area (TPSA) is 79.1 Å². The summed E-state index contributed by atoms with van der Waals surface area (Å²) in [5.41, 5.74) is 0.451. The lowest BCUT2D eigenvalue weighted by Gasteiger charge is -2.33. The molecule has 0 amide bonds. The molecule has 2 aromatic rings. The van der Waals surface area contributed by atoms with Crippen LogP contribution >= 0.6 is 35.3 Å². The van der Waals surface area contributed by atoms with Gasteiger partial charge in [-0.25, -0.2) is 9.79 Å². The molecule has 1 aliphatic heterocycles. The third-order valence-electron chi connectivity index (χ3n) is 4.76. The largest absolute Gasteiger partial charge is 0.465 e. The third kappa shape index (κ3) is 6.36. The molecule has 7 nitrogen and oxygen atoms in total. The maximum Gasteiger partial charge on any atom is 0.341 e. The van der Waals surface area contributed by atoms with Gasteiger partial charge in [-0.1, -0.05) is 0 Å². The molecule has 0 aromatic carbocycles. The number of hydrogen-bond acceptors (Lipinski definition) is 6.